The molecule has 1 aliphatic carbocycles. The van der Waals surface area contributed by atoms with Crippen molar-refractivity contribution < 1.29 is 14.7 Å². The molecule has 0 saturated heterocycles. The van der Waals surface area contributed by atoms with E-state index in [0.29, 0.717) is 12.0 Å². The van der Waals surface area contributed by atoms with Crippen LogP contribution in [-0.4, -0.2) is 16.9 Å². The molecule has 0 aromatic heterocycles. The molecule has 0 radical (unpaired) electrons. The van der Waals surface area contributed by atoms with Crippen LogP contribution in [0.5, 0.6) is 0 Å². The first-order valence-corrected chi connectivity index (χ1v) is 4.93. The Morgan fingerprint density at radius 2 is 2.13 bits per heavy atom. The highest BCUT2D eigenvalue weighted by atomic mass is 16.4. The third-order valence-electron chi connectivity index (χ3n) is 2.81. The number of carboxylic acid groups (broad SMARTS) is 1. The number of aliphatic carboxylic acids is 1. The summed E-state index contributed by atoms with van der Waals surface area (Å²) in [6, 6.07) is 5.61. The molecule has 0 bridgehead atoms. The van der Waals surface area contributed by atoms with Crippen molar-refractivity contribution in [2.45, 2.75) is 19.8 Å². The van der Waals surface area contributed by atoms with E-state index in [1.54, 1.807) is 0 Å². The number of rotatable bonds is 1. The summed E-state index contributed by atoms with van der Waals surface area (Å²) in [4.78, 5) is 22.5. The molecule has 0 saturated carbocycles. The van der Waals surface area contributed by atoms with Gasteiger partial charge in [0, 0.05) is 12.0 Å². The van der Waals surface area contributed by atoms with Crippen molar-refractivity contribution in [3.63, 3.8) is 0 Å². The second kappa shape index (κ2) is 3.50. The summed E-state index contributed by atoms with van der Waals surface area (Å²) in [5.74, 6) is -1.48. The van der Waals surface area contributed by atoms with Crippen molar-refractivity contribution in [2.75, 3.05) is 0 Å². The molecule has 3 heteroatoms. The van der Waals surface area contributed by atoms with E-state index in [0.717, 1.165) is 11.1 Å². The van der Waals surface area contributed by atoms with Crippen LogP contribution < -0.4 is 0 Å². The van der Waals surface area contributed by atoms with E-state index in [1.807, 2.05) is 25.1 Å². The van der Waals surface area contributed by atoms with E-state index in [-0.39, 0.29) is 12.2 Å². The average molecular weight is 204 g/mol. The fraction of sp³-hybridized carbons (Fsp3) is 0.333. The quantitative estimate of drug-likeness (QED) is 0.759. The zero-order valence-electron chi connectivity index (χ0n) is 8.49. The summed E-state index contributed by atoms with van der Waals surface area (Å²) in [6.45, 7) is 1.93. The highest BCUT2D eigenvalue weighted by Crippen LogP contribution is 2.26. The maximum atomic E-state index is 11.7. The Bertz CT molecular complexity index is 434. The summed E-state index contributed by atoms with van der Waals surface area (Å²) in [6.07, 6.45) is 0.600. The fourth-order valence-electron chi connectivity index (χ4n) is 1.97. The zero-order chi connectivity index (χ0) is 11.0. The number of fused-ring (bicyclic) bond motifs is 1. The van der Waals surface area contributed by atoms with Crippen molar-refractivity contribution in [3.05, 3.63) is 34.9 Å². The molecule has 1 aromatic rings. The molecule has 0 unspecified atom stereocenters. The molecule has 0 spiro atoms. The minimum absolute atomic E-state index is 0.0487. The molecule has 0 heterocycles. The van der Waals surface area contributed by atoms with Gasteiger partial charge < -0.3 is 5.11 Å². The zero-order valence-corrected chi connectivity index (χ0v) is 8.49. The monoisotopic (exact) mass is 204 g/mol. The van der Waals surface area contributed by atoms with Gasteiger partial charge in [-0.1, -0.05) is 17.7 Å². The highest BCUT2D eigenvalue weighted by molar-refractivity contribution is 6.01. The molecule has 1 aromatic carbocycles. The predicted molar refractivity (Wildman–Crippen MR) is 55.0 cm³/mol. The first-order valence-electron chi connectivity index (χ1n) is 4.93. The van der Waals surface area contributed by atoms with Crippen LogP contribution in [0.4, 0.5) is 0 Å². The molecule has 0 aliphatic heterocycles. The molecule has 0 amide bonds. The molecule has 0 fully saturated rings. The SMILES string of the molecule is Cc1ccc2c(c1)C(=O)C[C@@H](C(=O)O)C2. The lowest BCUT2D eigenvalue weighted by molar-refractivity contribution is -0.141. The van der Waals surface area contributed by atoms with Gasteiger partial charge in [0.15, 0.2) is 5.78 Å². The number of hydrogen-bond donors (Lipinski definition) is 1. The van der Waals surface area contributed by atoms with Gasteiger partial charge >= 0.3 is 5.97 Å². The van der Waals surface area contributed by atoms with Gasteiger partial charge in [-0.3, -0.25) is 9.59 Å². The minimum Gasteiger partial charge on any atom is -0.481 e. The van der Waals surface area contributed by atoms with Crippen molar-refractivity contribution in [1.82, 2.24) is 0 Å². The summed E-state index contributed by atoms with van der Waals surface area (Å²) in [7, 11) is 0. The van der Waals surface area contributed by atoms with E-state index >= 15 is 0 Å². The lowest BCUT2D eigenvalue weighted by Gasteiger charge is -2.20. The Kier molecular flexibility index (Phi) is 2.31. The predicted octanol–water partition coefficient (Wildman–Crippen LogP) is 1.82. The lowest BCUT2D eigenvalue weighted by Crippen LogP contribution is -2.26. The van der Waals surface area contributed by atoms with Crippen LogP contribution in [0.2, 0.25) is 0 Å². The molecular formula is C12H12O3. The van der Waals surface area contributed by atoms with E-state index in [1.165, 1.54) is 0 Å². The first kappa shape index (κ1) is 9.90. The molecule has 78 valence electrons. The highest BCUT2D eigenvalue weighted by Gasteiger charge is 2.29. The average Bonchev–Trinajstić information content (AvgIpc) is 2.18. The third-order valence-corrected chi connectivity index (χ3v) is 2.81. The summed E-state index contributed by atoms with van der Waals surface area (Å²) in [5.41, 5.74) is 2.60. The van der Waals surface area contributed by atoms with Crippen molar-refractivity contribution >= 4 is 11.8 Å². The van der Waals surface area contributed by atoms with Crippen LogP contribution in [0.3, 0.4) is 0 Å². The Labute approximate surface area is 87.7 Å². The van der Waals surface area contributed by atoms with E-state index in [2.05, 4.69) is 0 Å². The van der Waals surface area contributed by atoms with Gasteiger partial charge in [0.1, 0.15) is 0 Å². The van der Waals surface area contributed by atoms with Crippen LogP contribution >= 0.6 is 0 Å². The van der Waals surface area contributed by atoms with Gasteiger partial charge in [-0.2, -0.15) is 0 Å². The largest absolute Gasteiger partial charge is 0.481 e. The molecular weight excluding hydrogens is 192 g/mol. The number of carbonyl (C=O) groups is 2. The number of carbonyl (C=O) groups excluding carboxylic acids is 1. The van der Waals surface area contributed by atoms with Crippen molar-refractivity contribution in [2.24, 2.45) is 5.92 Å². The van der Waals surface area contributed by atoms with Crippen molar-refractivity contribution in [3.8, 4) is 0 Å². The second-order valence-corrected chi connectivity index (χ2v) is 4.03. The molecule has 1 atom stereocenters. The van der Waals surface area contributed by atoms with Crippen LogP contribution in [0, 0.1) is 12.8 Å². The maximum absolute atomic E-state index is 11.7. The lowest BCUT2D eigenvalue weighted by atomic mass is 9.82. The van der Waals surface area contributed by atoms with Crippen LogP contribution in [0.25, 0.3) is 0 Å². The minimum atomic E-state index is -0.880. The van der Waals surface area contributed by atoms with Crippen molar-refractivity contribution in [1.29, 1.82) is 0 Å². The molecule has 1 N–H and O–H groups in total. The van der Waals surface area contributed by atoms with Gasteiger partial charge in [0.2, 0.25) is 0 Å². The Balaban J connectivity index is 2.41. The number of carboxylic acids is 1. The molecule has 15 heavy (non-hydrogen) atoms. The number of Topliss-reactive ketones (excluding diaryl/α,β-unsaturated/α-hetero) is 1. The van der Waals surface area contributed by atoms with Gasteiger partial charge in [0.05, 0.1) is 5.92 Å². The fourth-order valence-corrected chi connectivity index (χ4v) is 1.97. The molecule has 3 nitrogen and oxygen atoms in total. The number of ketones is 1. The standard InChI is InChI=1S/C12H12O3/c1-7-2-3-8-5-9(12(14)15)6-11(13)10(8)4-7/h2-4,9H,5-6H2,1H3,(H,14,15)/t9-/m0/s1. The van der Waals surface area contributed by atoms with Gasteiger partial charge in [-0.05, 0) is 25.0 Å². The Morgan fingerprint density at radius 1 is 1.40 bits per heavy atom. The van der Waals surface area contributed by atoms with Crippen LogP contribution in [0.15, 0.2) is 18.2 Å². The summed E-state index contributed by atoms with van der Waals surface area (Å²) < 4.78 is 0. The van der Waals surface area contributed by atoms with Crippen LogP contribution in [-0.2, 0) is 11.2 Å². The second-order valence-electron chi connectivity index (χ2n) is 4.03. The van der Waals surface area contributed by atoms with E-state index in [4.69, 9.17) is 5.11 Å². The maximum Gasteiger partial charge on any atom is 0.307 e. The van der Waals surface area contributed by atoms with Gasteiger partial charge in [0.25, 0.3) is 0 Å². The first-order chi connectivity index (χ1) is 7.08. The number of benzene rings is 1. The Hall–Kier alpha value is -1.64. The summed E-state index contributed by atoms with van der Waals surface area (Å²) in [5, 5.41) is 8.88. The smallest absolute Gasteiger partial charge is 0.307 e. The normalized spacial score (nSPS) is 19.8. The van der Waals surface area contributed by atoms with E-state index in [9.17, 15) is 9.59 Å². The van der Waals surface area contributed by atoms with Gasteiger partial charge in [-0.25, -0.2) is 0 Å². The topological polar surface area (TPSA) is 54.4 Å². The summed E-state index contributed by atoms with van der Waals surface area (Å²) >= 11 is 0. The molecule has 2 rings (SSSR count). The third kappa shape index (κ3) is 1.77. The van der Waals surface area contributed by atoms with Crippen LogP contribution in [0.1, 0.15) is 27.9 Å². The van der Waals surface area contributed by atoms with E-state index < -0.39 is 11.9 Å². The number of aryl methyl sites for hydroxylation is 1. The van der Waals surface area contributed by atoms with Gasteiger partial charge in [-0.15, -0.1) is 0 Å². The number of hydrogen-bond acceptors (Lipinski definition) is 2. The Morgan fingerprint density at radius 3 is 2.80 bits per heavy atom. The molecule has 1 aliphatic rings.